The summed E-state index contributed by atoms with van der Waals surface area (Å²) in [5.41, 5.74) is 0. The first kappa shape index (κ1) is 6.91. The van der Waals surface area contributed by atoms with E-state index in [2.05, 4.69) is 0 Å². The molecular formula is C7H11NO3. The Labute approximate surface area is 64.7 Å². The summed E-state index contributed by atoms with van der Waals surface area (Å²) < 4.78 is 4.93. The molecule has 0 unspecified atom stereocenters. The average Bonchev–Trinajstić information content (AvgIpc) is 2.41. The number of hydrogen-bond donors (Lipinski definition) is 1. The van der Waals surface area contributed by atoms with Crippen LogP contribution >= 0.6 is 0 Å². The van der Waals surface area contributed by atoms with E-state index in [-0.39, 0.29) is 18.2 Å². The third-order valence-electron chi connectivity index (χ3n) is 2.42. The zero-order valence-electron chi connectivity index (χ0n) is 6.36. The first-order chi connectivity index (χ1) is 5.20. The first-order valence-corrected chi connectivity index (χ1v) is 3.85. The topological polar surface area (TPSA) is 49.8 Å². The molecule has 0 spiro atoms. The number of aliphatic hydroxyl groups is 1. The maximum Gasteiger partial charge on any atom is 0.410 e. The van der Waals surface area contributed by atoms with E-state index in [1.807, 2.05) is 6.92 Å². The molecule has 0 bridgehead atoms. The van der Waals surface area contributed by atoms with Crippen LogP contribution in [-0.2, 0) is 4.74 Å². The number of fused-ring (bicyclic) bond motifs is 1. The van der Waals surface area contributed by atoms with Gasteiger partial charge in [0.1, 0.15) is 6.10 Å². The highest BCUT2D eigenvalue weighted by Crippen LogP contribution is 2.28. The van der Waals surface area contributed by atoms with Crippen molar-refractivity contribution in [1.82, 2.24) is 4.90 Å². The molecule has 2 rings (SSSR count). The monoisotopic (exact) mass is 157 g/mol. The summed E-state index contributed by atoms with van der Waals surface area (Å²) in [7, 11) is 0. The minimum atomic E-state index is -0.392. The standard InChI is InChI=1S/C7H11NO3/c1-4-6-5(9)2-3-8(6)7(10)11-4/h4-6,9H,2-3H2,1H3/t4-,5-,6+/m0/s1. The van der Waals surface area contributed by atoms with Crippen molar-refractivity contribution in [2.75, 3.05) is 6.54 Å². The van der Waals surface area contributed by atoms with E-state index in [0.29, 0.717) is 13.0 Å². The Kier molecular flexibility index (Phi) is 1.32. The largest absolute Gasteiger partial charge is 0.444 e. The van der Waals surface area contributed by atoms with Crippen molar-refractivity contribution in [3.63, 3.8) is 0 Å². The zero-order valence-corrected chi connectivity index (χ0v) is 6.36. The first-order valence-electron chi connectivity index (χ1n) is 3.85. The smallest absolute Gasteiger partial charge is 0.410 e. The Hall–Kier alpha value is -0.770. The highest BCUT2D eigenvalue weighted by Gasteiger charge is 2.47. The lowest BCUT2D eigenvalue weighted by atomic mass is 10.1. The van der Waals surface area contributed by atoms with Crippen molar-refractivity contribution >= 4 is 6.09 Å². The third-order valence-corrected chi connectivity index (χ3v) is 2.42. The summed E-state index contributed by atoms with van der Waals surface area (Å²) in [5.74, 6) is 0. The molecule has 2 saturated heterocycles. The molecule has 2 aliphatic heterocycles. The van der Waals surface area contributed by atoms with Crippen molar-refractivity contribution in [3.05, 3.63) is 0 Å². The molecule has 0 aromatic carbocycles. The normalized spacial score (nSPS) is 42.5. The number of hydrogen-bond acceptors (Lipinski definition) is 3. The lowest BCUT2D eigenvalue weighted by Gasteiger charge is -2.15. The summed E-state index contributed by atoms with van der Waals surface area (Å²) in [6.45, 7) is 2.45. The Morgan fingerprint density at radius 3 is 3.09 bits per heavy atom. The zero-order chi connectivity index (χ0) is 8.01. The second-order valence-corrected chi connectivity index (χ2v) is 3.13. The van der Waals surface area contributed by atoms with Gasteiger partial charge in [-0.1, -0.05) is 0 Å². The molecule has 0 radical (unpaired) electrons. The van der Waals surface area contributed by atoms with E-state index in [0.717, 1.165) is 0 Å². The van der Waals surface area contributed by atoms with Crippen LogP contribution in [0.5, 0.6) is 0 Å². The fourth-order valence-corrected chi connectivity index (χ4v) is 1.87. The van der Waals surface area contributed by atoms with Gasteiger partial charge in [-0.15, -0.1) is 0 Å². The van der Waals surface area contributed by atoms with Gasteiger partial charge in [0.25, 0.3) is 0 Å². The van der Waals surface area contributed by atoms with E-state index >= 15 is 0 Å². The van der Waals surface area contributed by atoms with E-state index < -0.39 is 6.10 Å². The quantitative estimate of drug-likeness (QED) is 0.536. The number of aliphatic hydroxyl groups excluding tert-OH is 1. The number of cyclic esters (lactones) is 1. The number of amides is 1. The van der Waals surface area contributed by atoms with Crippen molar-refractivity contribution in [1.29, 1.82) is 0 Å². The van der Waals surface area contributed by atoms with Crippen molar-refractivity contribution < 1.29 is 14.6 Å². The number of carbonyl (C=O) groups excluding carboxylic acids is 1. The van der Waals surface area contributed by atoms with Crippen LogP contribution in [-0.4, -0.2) is 40.9 Å². The van der Waals surface area contributed by atoms with Gasteiger partial charge in [-0.25, -0.2) is 4.79 Å². The van der Waals surface area contributed by atoms with Crippen LogP contribution in [0.15, 0.2) is 0 Å². The molecule has 0 aliphatic carbocycles. The molecule has 4 nitrogen and oxygen atoms in total. The second kappa shape index (κ2) is 2.11. The molecule has 1 N–H and O–H groups in total. The Bertz CT molecular complexity index is 194. The second-order valence-electron chi connectivity index (χ2n) is 3.13. The Morgan fingerprint density at radius 2 is 2.45 bits per heavy atom. The molecule has 2 fully saturated rings. The highest BCUT2D eigenvalue weighted by atomic mass is 16.6. The molecule has 3 atom stereocenters. The highest BCUT2D eigenvalue weighted by molar-refractivity contribution is 5.71. The van der Waals surface area contributed by atoms with Crippen LogP contribution in [0.3, 0.4) is 0 Å². The number of nitrogens with zero attached hydrogens (tertiary/aromatic N) is 1. The van der Waals surface area contributed by atoms with Crippen LogP contribution in [0.25, 0.3) is 0 Å². The molecule has 4 heteroatoms. The van der Waals surface area contributed by atoms with Crippen molar-refractivity contribution in [2.45, 2.75) is 31.6 Å². The summed E-state index contributed by atoms with van der Waals surface area (Å²) in [4.78, 5) is 12.6. The average molecular weight is 157 g/mol. The van der Waals surface area contributed by atoms with Crippen LogP contribution in [0, 0.1) is 0 Å². The molecule has 0 aromatic heterocycles. The van der Waals surface area contributed by atoms with Gasteiger partial charge in [-0.3, -0.25) is 4.90 Å². The van der Waals surface area contributed by atoms with Crippen LogP contribution in [0.1, 0.15) is 13.3 Å². The molecule has 2 aliphatic rings. The van der Waals surface area contributed by atoms with Gasteiger partial charge in [0.15, 0.2) is 0 Å². The summed E-state index contributed by atoms with van der Waals surface area (Å²) in [5, 5.41) is 9.41. The van der Waals surface area contributed by atoms with E-state index in [4.69, 9.17) is 4.74 Å². The van der Waals surface area contributed by atoms with Crippen molar-refractivity contribution in [2.24, 2.45) is 0 Å². The number of carbonyl (C=O) groups is 1. The third kappa shape index (κ3) is 0.822. The molecule has 2 heterocycles. The van der Waals surface area contributed by atoms with E-state index in [9.17, 15) is 9.90 Å². The van der Waals surface area contributed by atoms with Crippen LogP contribution in [0.2, 0.25) is 0 Å². The van der Waals surface area contributed by atoms with Gasteiger partial charge < -0.3 is 9.84 Å². The SMILES string of the molecule is C[C@@H]1OC(=O)N2CC[C@H](O)[C@@H]12. The Balaban J connectivity index is 2.21. The Morgan fingerprint density at radius 1 is 1.73 bits per heavy atom. The molecule has 0 aromatic rings. The van der Waals surface area contributed by atoms with Crippen molar-refractivity contribution in [3.8, 4) is 0 Å². The lowest BCUT2D eigenvalue weighted by molar-refractivity contribution is 0.0927. The fraction of sp³-hybridized carbons (Fsp3) is 0.857. The fourth-order valence-electron chi connectivity index (χ4n) is 1.87. The van der Waals surface area contributed by atoms with E-state index in [1.165, 1.54) is 0 Å². The van der Waals surface area contributed by atoms with Gasteiger partial charge in [0, 0.05) is 6.54 Å². The summed E-state index contributed by atoms with van der Waals surface area (Å²) in [6, 6.07) is -0.0949. The van der Waals surface area contributed by atoms with Crippen LogP contribution in [0.4, 0.5) is 4.79 Å². The minimum Gasteiger partial charge on any atom is -0.444 e. The predicted molar refractivity (Wildman–Crippen MR) is 37.1 cm³/mol. The summed E-state index contributed by atoms with van der Waals surface area (Å²) >= 11 is 0. The van der Waals surface area contributed by atoms with Gasteiger partial charge >= 0.3 is 6.09 Å². The van der Waals surface area contributed by atoms with Gasteiger partial charge in [0.05, 0.1) is 12.1 Å². The minimum absolute atomic E-state index is 0.0949. The number of ether oxygens (including phenoxy) is 1. The lowest BCUT2D eigenvalue weighted by Crippen LogP contribution is -2.36. The molecule has 0 saturated carbocycles. The van der Waals surface area contributed by atoms with Gasteiger partial charge in [0.2, 0.25) is 0 Å². The molecule has 62 valence electrons. The maximum absolute atomic E-state index is 11.0. The van der Waals surface area contributed by atoms with E-state index in [1.54, 1.807) is 4.90 Å². The van der Waals surface area contributed by atoms with Gasteiger partial charge in [-0.05, 0) is 13.3 Å². The van der Waals surface area contributed by atoms with Gasteiger partial charge in [-0.2, -0.15) is 0 Å². The maximum atomic E-state index is 11.0. The molecule has 1 amide bonds. The molecule has 11 heavy (non-hydrogen) atoms. The summed E-state index contributed by atoms with van der Waals surface area (Å²) in [6.07, 6.45) is -0.139. The predicted octanol–water partition coefficient (Wildman–Crippen LogP) is -0.0397. The van der Waals surface area contributed by atoms with Crippen LogP contribution < -0.4 is 0 Å². The number of rotatable bonds is 0. The molecular weight excluding hydrogens is 146 g/mol.